The number of hydrogen-bond donors (Lipinski definition) is 1. The molecule has 2 heterocycles. The lowest BCUT2D eigenvalue weighted by Crippen LogP contribution is -2.02. The minimum atomic E-state index is -0.604. The molecular weight excluding hydrogens is 259 g/mol. The highest BCUT2D eigenvalue weighted by Crippen LogP contribution is 2.16. The maximum absolute atomic E-state index is 13.1. The highest BCUT2D eigenvalue weighted by molar-refractivity contribution is 5.85. The van der Waals surface area contributed by atoms with Crippen molar-refractivity contribution in [3.05, 3.63) is 36.2 Å². The van der Waals surface area contributed by atoms with Gasteiger partial charge in [-0.1, -0.05) is 0 Å². The van der Waals surface area contributed by atoms with Crippen molar-refractivity contribution in [3.63, 3.8) is 0 Å². The van der Waals surface area contributed by atoms with E-state index in [1.54, 1.807) is 16.9 Å². The molecular formula is C11H14ClFN4O. The van der Waals surface area contributed by atoms with E-state index >= 15 is 0 Å². The van der Waals surface area contributed by atoms with Crippen LogP contribution < -0.4 is 10.1 Å². The second-order valence-electron chi connectivity index (χ2n) is 3.51. The Morgan fingerprint density at radius 1 is 1.44 bits per heavy atom. The molecule has 0 atom stereocenters. The van der Waals surface area contributed by atoms with Crippen LogP contribution in [0.4, 0.5) is 10.1 Å². The quantitative estimate of drug-likeness (QED) is 0.864. The largest absolute Gasteiger partial charge is 0.492 e. The number of anilines is 1. The fourth-order valence-electron chi connectivity index (χ4n) is 1.46. The van der Waals surface area contributed by atoms with Crippen molar-refractivity contribution in [2.75, 3.05) is 19.5 Å². The van der Waals surface area contributed by atoms with Gasteiger partial charge < -0.3 is 10.1 Å². The number of hydrogen-bond acceptors (Lipinski definition) is 4. The van der Waals surface area contributed by atoms with E-state index in [1.165, 1.54) is 13.3 Å². The summed E-state index contributed by atoms with van der Waals surface area (Å²) in [7, 11) is 3.24. The first kappa shape index (κ1) is 14.2. The number of halogens is 2. The van der Waals surface area contributed by atoms with Crippen LogP contribution in [0, 0.1) is 5.95 Å². The van der Waals surface area contributed by atoms with Crippen LogP contribution in [-0.4, -0.2) is 28.9 Å². The average molecular weight is 273 g/mol. The minimum absolute atomic E-state index is 0. The summed E-state index contributed by atoms with van der Waals surface area (Å²) in [5.74, 6) is -0.462. The number of ether oxygens (including phenoxy) is 1. The van der Waals surface area contributed by atoms with Crippen molar-refractivity contribution < 1.29 is 9.13 Å². The summed E-state index contributed by atoms with van der Waals surface area (Å²) >= 11 is 0. The van der Waals surface area contributed by atoms with Crippen LogP contribution in [0.1, 0.15) is 5.56 Å². The van der Waals surface area contributed by atoms with Crippen LogP contribution in [0.15, 0.2) is 24.7 Å². The van der Waals surface area contributed by atoms with Gasteiger partial charge in [-0.3, -0.25) is 4.68 Å². The SMILES string of the molecule is CNc1cnn(Cc2cnc(F)c(OC)c2)c1.Cl. The zero-order chi connectivity index (χ0) is 12.3. The van der Waals surface area contributed by atoms with Crippen LogP contribution >= 0.6 is 12.4 Å². The second-order valence-corrected chi connectivity index (χ2v) is 3.51. The first-order chi connectivity index (χ1) is 8.22. The molecule has 0 unspecified atom stereocenters. The van der Waals surface area contributed by atoms with E-state index in [9.17, 15) is 4.39 Å². The Hall–Kier alpha value is -1.82. The summed E-state index contributed by atoms with van der Waals surface area (Å²) in [5, 5.41) is 7.13. The predicted octanol–water partition coefficient (Wildman–Crippen LogP) is 1.94. The summed E-state index contributed by atoms with van der Waals surface area (Å²) in [6.45, 7) is 0.519. The Morgan fingerprint density at radius 3 is 2.83 bits per heavy atom. The molecule has 18 heavy (non-hydrogen) atoms. The molecule has 1 N–H and O–H groups in total. The van der Waals surface area contributed by atoms with Crippen molar-refractivity contribution in [1.82, 2.24) is 14.8 Å². The van der Waals surface area contributed by atoms with Gasteiger partial charge in [-0.05, 0) is 11.6 Å². The molecule has 0 saturated heterocycles. The van der Waals surface area contributed by atoms with E-state index in [1.807, 2.05) is 13.2 Å². The zero-order valence-electron chi connectivity index (χ0n) is 10.1. The first-order valence-electron chi connectivity index (χ1n) is 5.11. The molecule has 2 aromatic rings. The van der Waals surface area contributed by atoms with E-state index < -0.39 is 5.95 Å². The van der Waals surface area contributed by atoms with Gasteiger partial charge in [0.25, 0.3) is 5.95 Å². The lowest BCUT2D eigenvalue weighted by molar-refractivity contribution is 0.376. The lowest BCUT2D eigenvalue weighted by Gasteiger charge is -2.05. The molecule has 0 fully saturated rings. The fraction of sp³-hybridized carbons (Fsp3) is 0.273. The van der Waals surface area contributed by atoms with Gasteiger partial charge in [-0.2, -0.15) is 9.49 Å². The molecule has 98 valence electrons. The van der Waals surface area contributed by atoms with E-state index in [4.69, 9.17) is 4.74 Å². The van der Waals surface area contributed by atoms with Crippen molar-refractivity contribution in [2.45, 2.75) is 6.54 Å². The van der Waals surface area contributed by atoms with Gasteiger partial charge >= 0.3 is 0 Å². The molecule has 0 radical (unpaired) electrons. The van der Waals surface area contributed by atoms with Gasteiger partial charge in [0.15, 0.2) is 5.75 Å². The number of rotatable bonds is 4. The standard InChI is InChI=1S/C11H13FN4O.ClH/c1-13-9-5-15-16(7-9)6-8-3-10(17-2)11(12)14-4-8;/h3-5,7,13H,6H2,1-2H3;1H. The Morgan fingerprint density at radius 2 is 2.22 bits per heavy atom. The topological polar surface area (TPSA) is 52.0 Å². The monoisotopic (exact) mass is 272 g/mol. The highest BCUT2D eigenvalue weighted by atomic mass is 35.5. The number of nitrogens with zero attached hydrogens (tertiary/aromatic N) is 3. The summed E-state index contributed by atoms with van der Waals surface area (Å²) < 4.78 is 19.7. The molecule has 5 nitrogen and oxygen atoms in total. The van der Waals surface area contributed by atoms with Gasteiger partial charge in [0.1, 0.15) is 0 Å². The van der Waals surface area contributed by atoms with Crippen molar-refractivity contribution in [1.29, 1.82) is 0 Å². The molecule has 2 rings (SSSR count). The maximum Gasteiger partial charge on any atom is 0.255 e. The van der Waals surface area contributed by atoms with E-state index in [2.05, 4.69) is 15.4 Å². The van der Waals surface area contributed by atoms with Crippen molar-refractivity contribution >= 4 is 18.1 Å². The molecule has 2 aromatic heterocycles. The summed E-state index contributed by atoms with van der Waals surface area (Å²) in [4.78, 5) is 3.62. The molecule has 0 aliphatic rings. The molecule has 0 spiro atoms. The van der Waals surface area contributed by atoms with Crippen LogP contribution in [-0.2, 0) is 6.54 Å². The number of methoxy groups -OCH3 is 1. The maximum atomic E-state index is 13.1. The molecule has 0 saturated carbocycles. The second kappa shape index (κ2) is 6.20. The summed E-state index contributed by atoms with van der Waals surface area (Å²) in [6.07, 6.45) is 5.04. The Labute approximate surface area is 110 Å². The molecule has 0 amide bonds. The molecule has 7 heteroatoms. The molecule has 0 bridgehead atoms. The fourth-order valence-corrected chi connectivity index (χ4v) is 1.46. The normalized spacial score (nSPS) is 9.72. The van der Waals surface area contributed by atoms with Gasteiger partial charge in [0.05, 0.1) is 25.5 Å². The van der Waals surface area contributed by atoms with Gasteiger partial charge in [-0.15, -0.1) is 12.4 Å². The van der Waals surface area contributed by atoms with Gasteiger partial charge in [-0.25, -0.2) is 4.98 Å². The van der Waals surface area contributed by atoms with Gasteiger partial charge in [0, 0.05) is 19.4 Å². The molecule has 0 aromatic carbocycles. The predicted molar refractivity (Wildman–Crippen MR) is 68.9 cm³/mol. The number of pyridine rings is 1. The third-order valence-corrected chi connectivity index (χ3v) is 2.35. The molecule has 0 aliphatic heterocycles. The third kappa shape index (κ3) is 3.10. The number of nitrogens with one attached hydrogen (secondary N) is 1. The lowest BCUT2D eigenvalue weighted by atomic mass is 10.3. The Kier molecular flexibility index (Phi) is 4.91. The van der Waals surface area contributed by atoms with Crippen LogP contribution in [0.2, 0.25) is 0 Å². The third-order valence-electron chi connectivity index (χ3n) is 2.35. The van der Waals surface area contributed by atoms with Crippen LogP contribution in [0.25, 0.3) is 0 Å². The molecule has 0 aliphatic carbocycles. The Balaban J connectivity index is 0.00000162. The van der Waals surface area contributed by atoms with Crippen molar-refractivity contribution in [3.8, 4) is 5.75 Å². The number of aromatic nitrogens is 3. The van der Waals surface area contributed by atoms with Crippen molar-refractivity contribution in [2.24, 2.45) is 0 Å². The van der Waals surface area contributed by atoms with Crippen LogP contribution in [0.3, 0.4) is 0 Å². The first-order valence-corrected chi connectivity index (χ1v) is 5.11. The van der Waals surface area contributed by atoms with Gasteiger partial charge in [0.2, 0.25) is 0 Å². The van der Waals surface area contributed by atoms with E-state index in [0.29, 0.717) is 6.54 Å². The van der Waals surface area contributed by atoms with E-state index in [0.717, 1.165) is 11.3 Å². The minimum Gasteiger partial charge on any atom is -0.492 e. The summed E-state index contributed by atoms with van der Waals surface area (Å²) in [6, 6.07) is 1.61. The van der Waals surface area contributed by atoms with E-state index in [-0.39, 0.29) is 18.2 Å². The average Bonchev–Trinajstić information content (AvgIpc) is 2.79. The Bertz CT molecular complexity index is 517. The highest BCUT2D eigenvalue weighted by Gasteiger charge is 2.06. The van der Waals surface area contributed by atoms with Crippen LogP contribution in [0.5, 0.6) is 5.75 Å². The summed E-state index contributed by atoms with van der Waals surface area (Å²) in [5.41, 5.74) is 1.75. The zero-order valence-corrected chi connectivity index (χ0v) is 10.9. The smallest absolute Gasteiger partial charge is 0.255 e.